The fourth-order valence-corrected chi connectivity index (χ4v) is 4.25. The Morgan fingerprint density at radius 2 is 2.29 bits per heavy atom. The van der Waals surface area contributed by atoms with Gasteiger partial charge in [0.2, 0.25) is 10.0 Å². The molecule has 0 bridgehead atoms. The average molecular weight is 348 g/mol. The SMILES string of the molecule is Cc1noc(C2(O)CCN(S(=O)(=O)Cc3cccc(C#N)c3)C2)n1. The van der Waals surface area contributed by atoms with E-state index in [2.05, 4.69) is 10.1 Å². The van der Waals surface area contributed by atoms with Crippen LogP contribution in [0.15, 0.2) is 28.8 Å². The molecule has 1 aliphatic heterocycles. The lowest BCUT2D eigenvalue weighted by Crippen LogP contribution is -2.35. The lowest BCUT2D eigenvalue weighted by Gasteiger charge is -2.19. The van der Waals surface area contributed by atoms with Gasteiger partial charge in [-0.3, -0.25) is 0 Å². The molecule has 24 heavy (non-hydrogen) atoms. The van der Waals surface area contributed by atoms with Gasteiger partial charge >= 0.3 is 0 Å². The molecule has 8 nitrogen and oxygen atoms in total. The number of β-amino-alcohol motifs (C(OH)–C–C–N with tert-alkyl or cyclic N) is 1. The van der Waals surface area contributed by atoms with Gasteiger partial charge < -0.3 is 9.63 Å². The molecule has 1 aliphatic rings. The lowest BCUT2D eigenvalue weighted by atomic mass is 10.0. The van der Waals surface area contributed by atoms with E-state index in [4.69, 9.17) is 9.78 Å². The number of sulfonamides is 1. The summed E-state index contributed by atoms with van der Waals surface area (Å²) in [5.74, 6) is 0.179. The zero-order valence-electron chi connectivity index (χ0n) is 13.0. The number of benzene rings is 1. The van der Waals surface area contributed by atoms with Crippen molar-refractivity contribution in [1.82, 2.24) is 14.4 Å². The number of rotatable bonds is 4. The maximum Gasteiger partial charge on any atom is 0.260 e. The summed E-state index contributed by atoms with van der Waals surface area (Å²) in [4.78, 5) is 4.00. The Balaban J connectivity index is 1.78. The van der Waals surface area contributed by atoms with Gasteiger partial charge in [-0.25, -0.2) is 8.42 Å². The first-order valence-electron chi connectivity index (χ1n) is 7.32. The second kappa shape index (κ2) is 5.98. The number of aromatic nitrogens is 2. The standard InChI is InChI=1S/C15H16N4O4S/c1-11-17-14(23-18-11)15(20)5-6-19(10-15)24(21,22)9-13-4-2-3-12(7-13)8-16/h2-4,7,20H,5-6,9-10H2,1H3. The maximum absolute atomic E-state index is 12.6. The number of hydrogen-bond donors (Lipinski definition) is 1. The van der Waals surface area contributed by atoms with Crippen molar-refractivity contribution < 1.29 is 18.0 Å². The largest absolute Gasteiger partial charge is 0.379 e. The van der Waals surface area contributed by atoms with E-state index in [1.807, 2.05) is 6.07 Å². The second-order valence-electron chi connectivity index (χ2n) is 5.83. The summed E-state index contributed by atoms with van der Waals surface area (Å²) in [6.45, 7) is 1.66. The van der Waals surface area contributed by atoms with E-state index in [-0.39, 0.29) is 31.2 Å². The third-order valence-corrected chi connectivity index (χ3v) is 5.73. The highest BCUT2D eigenvalue weighted by Crippen LogP contribution is 2.33. The van der Waals surface area contributed by atoms with Crippen molar-refractivity contribution in [3.63, 3.8) is 0 Å². The number of aryl methyl sites for hydroxylation is 1. The molecule has 3 rings (SSSR count). The molecule has 1 aromatic heterocycles. The topological polar surface area (TPSA) is 120 Å². The number of nitrogens with zero attached hydrogens (tertiary/aromatic N) is 4. The number of hydrogen-bond acceptors (Lipinski definition) is 7. The predicted molar refractivity (Wildman–Crippen MR) is 82.9 cm³/mol. The van der Waals surface area contributed by atoms with Gasteiger partial charge in [0, 0.05) is 13.0 Å². The van der Waals surface area contributed by atoms with Gasteiger partial charge in [-0.15, -0.1) is 0 Å². The van der Waals surface area contributed by atoms with E-state index >= 15 is 0 Å². The molecule has 9 heteroatoms. The fourth-order valence-electron chi connectivity index (χ4n) is 2.69. The molecule has 0 amide bonds. The van der Waals surface area contributed by atoms with Crippen molar-refractivity contribution >= 4 is 10.0 Å². The van der Waals surface area contributed by atoms with Crippen LogP contribution in [0, 0.1) is 18.3 Å². The van der Waals surface area contributed by atoms with E-state index in [1.54, 1.807) is 31.2 Å². The van der Waals surface area contributed by atoms with Crippen molar-refractivity contribution in [3.05, 3.63) is 47.1 Å². The smallest absolute Gasteiger partial charge is 0.260 e. The maximum atomic E-state index is 12.6. The lowest BCUT2D eigenvalue weighted by molar-refractivity contribution is 0.0194. The first-order valence-corrected chi connectivity index (χ1v) is 8.93. The van der Waals surface area contributed by atoms with E-state index in [1.165, 1.54) is 4.31 Å². The zero-order chi connectivity index (χ0) is 17.4. The Hall–Kier alpha value is -2.28. The Morgan fingerprint density at radius 1 is 1.50 bits per heavy atom. The number of nitriles is 1. The second-order valence-corrected chi connectivity index (χ2v) is 7.80. The Morgan fingerprint density at radius 3 is 2.96 bits per heavy atom. The van der Waals surface area contributed by atoms with E-state index in [0.717, 1.165) is 0 Å². The molecule has 126 valence electrons. The third kappa shape index (κ3) is 3.17. The molecule has 2 heterocycles. The van der Waals surface area contributed by atoms with Crippen LogP contribution in [0.1, 0.15) is 29.3 Å². The van der Waals surface area contributed by atoms with Gasteiger partial charge in [0.25, 0.3) is 5.89 Å². The molecule has 1 saturated heterocycles. The van der Waals surface area contributed by atoms with Crippen LogP contribution < -0.4 is 0 Å². The molecule has 0 saturated carbocycles. The van der Waals surface area contributed by atoms with Crippen molar-refractivity contribution in [2.45, 2.75) is 24.7 Å². The third-order valence-electron chi connectivity index (χ3n) is 3.94. The van der Waals surface area contributed by atoms with E-state index < -0.39 is 15.6 Å². The summed E-state index contributed by atoms with van der Waals surface area (Å²) >= 11 is 0. The minimum absolute atomic E-state index is 0.0316. The summed E-state index contributed by atoms with van der Waals surface area (Å²) in [7, 11) is -3.64. The van der Waals surface area contributed by atoms with Crippen molar-refractivity contribution in [2.24, 2.45) is 0 Å². The van der Waals surface area contributed by atoms with Crippen LogP contribution >= 0.6 is 0 Å². The van der Waals surface area contributed by atoms with Crippen LogP contribution in [0.25, 0.3) is 0 Å². The van der Waals surface area contributed by atoms with Gasteiger partial charge in [0.05, 0.1) is 23.9 Å². The van der Waals surface area contributed by atoms with Crippen LogP contribution in [0.4, 0.5) is 0 Å². The molecule has 1 atom stereocenters. The van der Waals surface area contributed by atoms with Crippen LogP contribution in [-0.4, -0.2) is 41.1 Å². The molecule has 0 spiro atoms. The predicted octanol–water partition coefficient (Wildman–Crippen LogP) is 0.673. The molecule has 0 aliphatic carbocycles. The van der Waals surface area contributed by atoms with Gasteiger partial charge in [0.15, 0.2) is 11.4 Å². The van der Waals surface area contributed by atoms with Crippen LogP contribution in [-0.2, 0) is 21.4 Å². The van der Waals surface area contributed by atoms with Crippen molar-refractivity contribution in [3.8, 4) is 6.07 Å². The number of aliphatic hydroxyl groups is 1. The summed E-state index contributed by atoms with van der Waals surface area (Å²) in [6.07, 6.45) is 0.187. The highest BCUT2D eigenvalue weighted by Gasteiger charge is 2.46. The summed E-state index contributed by atoms with van der Waals surface area (Å²) in [6, 6.07) is 8.44. The van der Waals surface area contributed by atoms with Crippen LogP contribution in [0.3, 0.4) is 0 Å². The molecular weight excluding hydrogens is 332 g/mol. The highest BCUT2D eigenvalue weighted by atomic mass is 32.2. The first kappa shape index (κ1) is 16.6. The van der Waals surface area contributed by atoms with Gasteiger partial charge in [-0.05, 0) is 24.6 Å². The molecular formula is C15H16N4O4S. The van der Waals surface area contributed by atoms with E-state index in [9.17, 15) is 13.5 Å². The monoisotopic (exact) mass is 348 g/mol. The molecule has 1 unspecified atom stereocenters. The van der Waals surface area contributed by atoms with Crippen molar-refractivity contribution in [2.75, 3.05) is 13.1 Å². The van der Waals surface area contributed by atoms with Gasteiger partial charge in [-0.2, -0.15) is 14.6 Å². The van der Waals surface area contributed by atoms with Gasteiger partial charge in [-0.1, -0.05) is 17.3 Å². The first-order chi connectivity index (χ1) is 11.3. The highest BCUT2D eigenvalue weighted by molar-refractivity contribution is 7.88. The van der Waals surface area contributed by atoms with Gasteiger partial charge in [0.1, 0.15) is 0 Å². The molecule has 1 fully saturated rings. The Labute approximate surface area is 139 Å². The Bertz CT molecular complexity index is 902. The zero-order valence-corrected chi connectivity index (χ0v) is 13.8. The van der Waals surface area contributed by atoms with Crippen LogP contribution in [0.2, 0.25) is 0 Å². The van der Waals surface area contributed by atoms with E-state index in [0.29, 0.717) is 17.0 Å². The average Bonchev–Trinajstić information content (AvgIpc) is 3.15. The summed E-state index contributed by atoms with van der Waals surface area (Å²) in [5, 5.41) is 23.2. The van der Waals surface area contributed by atoms with Crippen molar-refractivity contribution in [1.29, 1.82) is 5.26 Å². The quantitative estimate of drug-likeness (QED) is 0.862. The summed E-state index contributed by atoms with van der Waals surface area (Å²) in [5.41, 5.74) is -0.539. The minimum Gasteiger partial charge on any atom is -0.379 e. The Kier molecular flexibility index (Phi) is 4.13. The normalized spacial score (nSPS) is 21.7. The molecule has 0 radical (unpaired) electrons. The molecule has 1 aromatic carbocycles. The fraction of sp³-hybridized carbons (Fsp3) is 0.400. The molecule has 2 aromatic rings. The molecule has 1 N–H and O–H groups in total. The summed E-state index contributed by atoms with van der Waals surface area (Å²) < 4.78 is 31.4. The van der Waals surface area contributed by atoms with Crippen LogP contribution in [0.5, 0.6) is 0 Å². The minimum atomic E-state index is -3.64.